The van der Waals surface area contributed by atoms with Crippen molar-refractivity contribution in [3.63, 3.8) is 0 Å². The van der Waals surface area contributed by atoms with Crippen LogP contribution in [0.2, 0.25) is 0 Å². The average molecular weight is 263 g/mol. The zero-order chi connectivity index (χ0) is 12.9. The maximum atomic E-state index is 12.1. The first-order chi connectivity index (χ1) is 7.98. The summed E-state index contributed by atoms with van der Waals surface area (Å²) in [4.78, 5) is 0. The van der Waals surface area contributed by atoms with E-state index in [0.717, 1.165) is 32.4 Å². The summed E-state index contributed by atoms with van der Waals surface area (Å²) in [5, 5.41) is 3.33. The van der Waals surface area contributed by atoms with Crippen LogP contribution < -0.4 is 5.32 Å². The van der Waals surface area contributed by atoms with Crippen molar-refractivity contribution in [2.75, 3.05) is 40.3 Å². The number of nitrogens with zero attached hydrogens (tertiary/aromatic N) is 2. The monoisotopic (exact) mass is 263 g/mol. The molecule has 1 aliphatic rings. The lowest BCUT2D eigenvalue weighted by atomic mass is 10.00. The lowest BCUT2D eigenvalue weighted by Crippen LogP contribution is -2.45. The molecule has 0 amide bonds. The molecule has 1 N–H and O–H groups in total. The van der Waals surface area contributed by atoms with Gasteiger partial charge in [-0.2, -0.15) is 17.0 Å². The van der Waals surface area contributed by atoms with Crippen molar-refractivity contribution in [1.82, 2.24) is 13.9 Å². The molecule has 0 spiro atoms. The summed E-state index contributed by atoms with van der Waals surface area (Å²) in [5.74, 6) is 0.449. The summed E-state index contributed by atoms with van der Waals surface area (Å²) in [5.41, 5.74) is 0. The summed E-state index contributed by atoms with van der Waals surface area (Å²) in [7, 11) is -0.0729. The molecule has 0 bridgehead atoms. The van der Waals surface area contributed by atoms with Crippen molar-refractivity contribution in [3.05, 3.63) is 0 Å². The molecule has 1 rings (SSSR count). The van der Waals surface area contributed by atoms with Crippen molar-refractivity contribution in [2.24, 2.45) is 5.92 Å². The summed E-state index contributed by atoms with van der Waals surface area (Å²) < 4.78 is 27.2. The van der Waals surface area contributed by atoms with Gasteiger partial charge in [0.15, 0.2) is 0 Å². The van der Waals surface area contributed by atoms with Gasteiger partial charge in [0, 0.05) is 27.2 Å². The quantitative estimate of drug-likeness (QED) is 0.759. The van der Waals surface area contributed by atoms with Gasteiger partial charge in [-0.05, 0) is 38.3 Å². The van der Waals surface area contributed by atoms with E-state index >= 15 is 0 Å². The predicted molar refractivity (Wildman–Crippen MR) is 70.1 cm³/mol. The Balaban J connectivity index is 2.65. The Labute approximate surface area is 105 Å². The van der Waals surface area contributed by atoms with Gasteiger partial charge in [-0.3, -0.25) is 0 Å². The van der Waals surface area contributed by atoms with Crippen LogP contribution in [0, 0.1) is 5.92 Å². The van der Waals surface area contributed by atoms with Crippen LogP contribution in [-0.2, 0) is 10.2 Å². The molecule has 1 heterocycles. The molecular formula is C11H25N3O2S. The van der Waals surface area contributed by atoms with E-state index in [2.05, 4.69) is 5.32 Å². The lowest BCUT2D eigenvalue weighted by molar-refractivity contribution is 0.281. The van der Waals surface area contributed by atoms with E-state index < -0.39 is 10.2 Å². The molecule has 0 aliphatic carbocycles. The maximum absolute atomic E-state index is 12.1. The van der Waals surface area contributed by atoms with Crippen molar-refractivity contribution < 1.29 is 8.42 Å². The third kappa shape index (κ3) is 4.21. The van der Waals surface area contributed by atoms with E-state index in [-0.39, 0.29) is 0 Å². The minimum Gasteiger partial charge on any atom is -0.316 e. The molecule has 0 aromatic rings. The molecular weight excluding hydrogens is 238 g/mol. The molecule has 0 aromatic carbocycles. The zero-order valence-corrected chi connectivity index (χ0v) is 12.0. The Bertz CT molecular complexity index is 311. The predicted octanol–water partition coefficient (Wildman–Crippen LogP) is 0.504. The van der Waals surface area contributed by atoms with Crippen LogP contribution >= 0.6 is 0 Å². The fraction of sp³-hybridized carbons (Fsp3) is 1.00. The summed E-state index contributed by atoms with van der Waals surface area (Å²) >= 11 is 0. The van der Waals surface area contributed by atoms with Crippen LogP contribution in [0.4, 0.5) is 0 Å². The highest BCUT2D eigenvalue weighted by Gasteiger charge is 2.27. The number of nitrogens with one attached hydrogen (secondary N) is 1. The van der Waals surface area contributed by atoms with Gasteiger partial charge in [0.25, 0.3) is 10.2 Å². The van der Waals surface area contributed by atoms with Crippen molar-refractivity contribution in [2.45, 2.75) is 26.2 Å². The molecule has 1 saturated heterocycles. The van der Waals surface area contributed by atoms with Gasteiger partial charge in [-0.25, -0.2) is 0 Å². The van der Waals surface area contributed by atoms with Crippen molar-refractivity contribution >= 4 is 10.2 Å². The number of hydrogen-bond donors (Lipinski definition) is 1. The second-order valence-electron chi connectivity index (χ2n) is 4.86. The third-order valence-electron chi connectivity index (χ3n) is 3.12. The first-order valence-corrected chi connectivity index (χ1v) is 7.76. The van der Waals surface area contributed by atoms with Gasteiger partial charge < -0.3 is 5.32 Å². The minimum atomic E-state index is -3.26. The molecule has 1 aliphatic heterocycles. The van der Waals surface area contributed by atoms with E-state index in [1.165, 1.54) is 4.31 Å². The standard InChI is InChI=1S/C11H25N3O2S/c1-4-8-14(17(15,16)13(2)3)10-11-6-5-7-12-9-11/h11-12H,4-10H2,1-3H3. The fourth-order valence-electron chi connectivity index (χ4n) is 2.15. The van der Waals surface area contributed by atoms with Crippen LogP contribution in [-0.4, -0.2) is 57.3 Å². The van der Waals surface area contributed by atoms with Gasteiger partial charge >= 0.3 is 0 Å². The minimum absolute atomic E-state index is 0.449. The third-order valence-corrected chi connectivity index (χ3v) is 5.03. The normalized spacial score (nSPS) is 22.3. The van der Waals surface area contributed by atoms with Gasteiger partial charge in [0.05, 0.1) is 0 Å². The SMILES string of the molecule is CCCN(CC1CCCNC1)S(=O)(=O)N(C)C. The second kappa shape index (κ2) is 6.68. The number of hydrogen-bond acceptors (Lipinski definition) is 3. The molecule has 0 radical (unpaired) electrons. The van der Waals surface area contributed by atoms with Crippen LogP contribution in [0.5, 0.6) is 0 Å². The van der Waals surface area contributed by atoms with Gasteiger partial charge in [0.2, 0.25) is 0 Å². The van der Waals surface area contributed by atoms with Crippen molar-refractivity contribution in [3.8, 4) is 0 Å². The average Bonchev–Trinajstić information content (AvgIpc) is 2.29. The Hall–Kier alpha value is -0.170. The van der Waals surface area contributed by atoms with E-state index in [1.54, 1.807) is 18.4 Å². The van der Waals surface area contributed by atoms with Gasteiger partial charge in [-0.1, -0.05) is 6.92 Å². The van der Waals surface area contributed by atoms with Gasteiger partial charge in [-0.15, -0.1) is 0 Å². The zero-order valence-electron chi connectivity index (χ0n) is 11.1. The highest BCUT2D eigenvalue weighted by atomic mass is 32.2. The molecule has 0 saturated carbocycles. The van der Waals surface area contributed by atoms with E-state index in [1.807, 2.05) is 6.92 Å². The second-order valence-corrected chi connectivity index (χ2v) is 7.00. The molecule has 1 unspecified atom stereocenters. The topological polar surface area (TPSA) is 52.7 Å². The molecule has 5 nitrogen and oxygen atoms in total. The molecule has 102 valence electrons. The Morgan fingerprint density at radius 3 is 2.53 bits per heavy atom. The first kappa shape index (κ1) is 14.9. The largest absolute Gasteiger partial charge is 0.316 e. The van der Waals surface area contributed by atoms with Gasteiger partial charge in [0.1, 0.15) is 0 Å². The Morgan fingerprint density at radius 2 is 2.06 bits per heavy atom. The Morgan fingerprint density at radius 1 is 1.35 bits per heavy atom. The molecule has 0 aromatic heterocycles. The maximum Gasteiger partial charge on any atom is 0.281 e. The van der Waals surface area contributed by atoms with E-state index in [0.29, 0.717) is 19.0 Å². The highest BCUT2D eigenvalue weighted by Crippen LogP contribution is 2.15. The molecule has 1 fully saturated rings. The number of rotatable bonds is 6. The van der Waals surface area contributed by atoms with Crippen molar-refractivity contribution in [1.29, 1.82) is 0 Å². The van der Waals surface area contributed by atoms with Crippen LogP contribution in [0.3, 0.4) is 0 Å². The fourth-order valence-corrected chi connectivity index (χ4v) is 3.42. The molecule has 1 atom stereocenters. The summed E-state index contributed by atoms with van der Waals surface area (Å²) in [6.45, 7) is 5.25. The summed E-state index contributed by atoms with van der Waals surface area (Å²) in [6, 6.07) is 0. The molecule has 17 heavy (non-hydrogen) atoms. The highest BCUT2D eigenvalue weighted by molar-refractivity contribution is 7.86. The first-order valence-electron chi connectivity index (χ1n) is 6.36. The van der Waals surface area contributed by atoms with E-state index in [4.69, 9.17) is 0 Å². The number of piperidine rings is 1. The molecule has 6 heteroatoms. The lowest BCUT2D eigenvalue weighted by Gasteiger charge is -2.31. The van der Waals surface area contributed by atoms with Crippen LogP contribution in [0.1, 0.15) is 26.2 Å². The van der Waals surface area contributed by atoms with E-state index in [9.17, 15) is 8.42 Å². The smallest absolute Gasteiger partial charge is 0.281 e. The Kier molecular flexibility index (Phi) is 5.85. The van der Waals surface area contributed by atoms with Crippen LogP contribution in [0.25, 0.3) is 0 Å². The van der Waals surface area contributed by atoms with Crippen LogP contribution in [0.15, 0.2) is 0 Å². The summed E-state index contributed by atoms with van der Waals surface area (Å²) in [6.07, 6.45) is 3.12.